The highest BCUT2D eigenvalue weighted by molar-refractivity contribution is 5.69. The van der Waals surface area contributed by atoms with Gasteiger partial charge in [0.2, 0.25) is 12.0 Å². The summed E-state index contributed by atoms with van der Waals surface area (Å²) in [6.07, 6.45) is 11.9. The number of nitrogens with zero attached hydrogens (tertiary/aromatic N) is 2. The molecule has 0 saturated carbocycles. The number of hydrogen-bond acceptors (Lipinski definition) is 10. The van der Waals surface area contributed by atoms with Gasteiger partial charge in [-0.05, 0) is 13.3 Å². The Bertz CT molecular complexity index is 870. The fourth-order valence-corrected chi connectivity index (χ4v) is 4.27. The van der Waals surface area contributed by atoms with Crippen LogP contribution in [0.25, 0.3) is 0 Å². The maximum absolute atomic E-state index is 12.5. The highest BCUT2D eigenvalue weighted by atomic mass is 16.6. The number of rotatable bonds is 21. The van der Waals surface area contributed by atoms with E-state index in [2.05, 4.69) is 16.9 Å². The number of aliphatic hydroxyl groups excluding tert-OH is 4. The van der Waals surface area contributed by atoms with Gasteiger partial charge in [-0.2, -0.15) is 0 Å². The third kappa shape index (κ3) is 11.6. The van der Waals surface area contributed by atoms with Crippen LogP contribution in [0.1, 0.15) is 133 Å². The molecule has 4 N–H and O–H groups in total. The molecule has 0 saturated heterocycles. The SMILES string of the molecule is CCCCCCCCCCCCCCC(=O)O[C@@H](c1cnco1)c1nc([C@@H](O)C[C@@H](O)[C@@H](O)[C@@H](C)O)co1. The molecule has 2 heterocycles. The third-order valence-corrected chi connectivity index (χ3v) is 6.65. The summed E-state index contributed by atoms with van der Waals surface area (Å²) in [5.74, 6) is -0.209. The minimum Gasteiger partial charge on any atom is -0.445 e. The summed E-state index contributed by atoms with van der Waals surface area (Å²) in [5.41, 5.74) is 0.0818. The second kappa shape index (κ2) is 18.1. The predicted molar refractivity (Wildman–Crippen MR) is 140 cm³/mol. The van der Waals surface area contributed by atoms with Gasteiger partial charge in [0.25, 0.3) is 0 Å². The van der Waals surface area contributed by atoms with Crippen LogP contribution >= 0.6 is 0 Å². The van der Waals surface area contributed by atoms with Gasteiger partial charge in [-0.25, -0.2) is 9.97 Å². The van der Waals surface area contributed by atoms with Crippen LogP contribution in [0.3, 0.4) is 0 Å². The van der Waals surface area contributed by atoms with Gasteiger partial charge >= 0.3 is 5.97 Å². The normalized spacial score (nSPS) is 15.6. The quantitative estimate of drug-likeness (QED) is 0.127. The number of ether oxygens (including phenoxy) is 1. The molecule has 0 aromatic carbocycles. The van der Waals surface area contributed by atoms with Crippen LogP contribution in [-0.4, -0.2) is 54.7 Å². The Morgan fingerprint density at radius 1 is 0.921 bits per heavy atom. The van der Waals surface area contributed by atoms with Crippen LogP contribution in [-0.2, 0) is 9.53 Å². The van der Waals surface area contributed by atoms with Gasteiger partial charge in [-0.1, -0.05) is 77.6 Å². The molecule has 0 fully saturated rings. The van der Waals surface area contributed by atoms with Gasteiger partial charge in [0.05, 0.1) is 18.4 Å². The largest absolute Gasteiger partial charge is 0.445 e. The zero-order chi connectivity index (χ0) is 27.8. The summed E-state index contributed by atoms with van der Waals surface area (Å²) < 4.78 is 16.3. The fourth-order valence-electron chi connectivity index (χ4n) is 4.27. The van der Waals surface area contributed by atoms with Crippen LogP contribution < -0.4 is 0 Å². The van der Waals surface area contributed by atoms with Crippen molar-refractivity contribution in [2.24, 2.45) is 0 Å². The van der Waals surface area contributed by atoms with Crippen LogP contribution in [0.2, 0.25) is 0 Å². The maximum Gasteiger partial charge on any atom is 0.307 e. The maximum atomic E-state index is 12.5. The van der Waals surface area contributed by atoms with E-state index < -0.39 is 36.5 Å². The summed E-state index contributed by atoms with van der Waals surface area (Å²) in [7, 11) is 0. The molecular formula is C28H46N2O8. The summed E-state index contributed by atoms with van der Waals surface area (Å²) in [4.78, 5) is 20.6. The first-order valence-corrected chi connectivity index (χ1v) is 14.1. The Morgan fingerprint density at radius 2 is 1.53 bits per heavy atom. The van der Waals surface area contributed by atoms with Gasteiger partial charge in [0, 0.05) is 12.8 Å². The molecule has 0 aliphatic heterocycles. The van der Waals surface area contributed by atoms with Crippen molar-refractivity contribution in [1.82, 2.24) is 9.97 Å². The van der Waals surface area contributed by atoms with E-state index in [1.807, 2.05) is 0 Å². The first-order valence-electron chi connectivity index (χ1n) is 14.1. The van der Waals surface area contributed by atoms with Crippen molar-refractivity contribution in [3.8, 4) is 0 Å². The molecule has 2 rings (SSSR count). The van der Waals surface area contributed by atoms with Crippen molar-refractivity contribution in [3.05, 3.63) is 36.2 Å². The molecule has 5 atom stereocenters. The topological polar surface area (TPSA) is 159 Å². The number of carbonyl (C=O) groups is 1. The van der Waals surface area contributed by atoms with Gasteiger partial charge in [0.1, 0.15) is 24.2 Å². The summed E-state index contributed by atoms with van der Waals surface area (Å²) in [6.45, 7) is 3.57. The Hall–Kier alpha value is -2.27. The highest BCUT2D eigenvalue weighted by Crippen LogP contribution is 2.29. The van der Waals surface area contributed by atoms with Crippen LogP contribution in [0.5, 0.6) is 0 Å². The lowest BCUT2D eigenvalue weighted by Gasteiger charge is -2.21. The van der Waals surface area contributed by atoms with E-state index in [1.165, 1.54) is 83.6 Å². The number of oxazole rings is 2. The van der Waals surface area contributed by atoms with E-state index in [9.17, 15) is 25.2 Å². The first-order chi connectivity index (χ1) is 18.3. The minimum atomic E-state index is -1.42. The van der Waals surface area contributed by atoms with Crippen molar-refractivity contribution in [3.63, 3.8) is 0 Å². The predicted octanol–water partition coefficient (Wildman–Crippen LogP) is 4.91. The molecule has 2 aromatic rings. The number of unbranched alkanes of at least 4 members (excludes halogenated alkanes) is 11. The third-order valence-electron chi connectivity index (χ3n) is 6.65. The molecule has 38 heavy (non-hydrogen) atoms. The molecule has 10 nitrogen and oxygen atoms in total. The van der Waals surface area contributed by atoms with Gasteiger partial charge in [-0.15, -0.1) is 0 Å². The molecule has 2 aromatic heterocycles. The molecule has 216 valence electrons. The smallest absolute Gasteiger partial charge is 0.307 e. The lowest BCUT2D eigenvalue weighted by Crippen LogP contribution is -2.36. The summed E-state index contributed by atoms with van der Waals surface area (Å²) >= 11 is 0. The lowest BCUT2D eigenvalue weighted by atomic mass is 10.0. The molecule has 0 spiro atoms. The van der Waals surface area contributed by atoms with Crippen molar-refractivity contribution in [2.45, 2.75) is 134 Å². The number of esters is 1. The van der Waals surface area contributed by atoms with E-state index in [0.29, 0.717) is 0 Å². The molecule has 10 heteroatoms. The van der Waals surface area contributed by atoms with Crippen molar-refractivity contribution in [2.75, 3.05) is 0 Å². The standard InChI is InChI=1S/C28H46N2O8/c1-3-4-5-6-7-8-9-10-11-12-13-14-15-25(34)38-27(24-17-29-19-37-24)28-30-21(18-36-28)22(32)16-23(33)26(35)20(2)31/h17-20,22-23,26-27,31-33,35H,3-16H2,1-2H3/t20-,22+,23-,26+,27+/m1/s1. The average molecular weight is 539 g/mol. The molecule has 0 unspecified atom stereocenters. The van der Waals surface area contributed by atoms with E-state index >= 15 is 0 Å². The lowest BCUT2D eigenvalue weighted by molar-refractivity contribution is -0.149. The van der Waals surface area contributed by atoms with Crippen molar-refractivity contribution >= 4 is 5.97 Å². The van der Waals surface area contributed by atoms with Gasteiger partial charge in [-0.3, -0.25) is 4.79 Å². The minimum absolute atomic E-state index is 0.00981. The first kappa shape index (κ1) is 31.9. The highest BCUT2D eigenvalue weighted by Gasteiger charge is 2.30. The van der Waals surface area contributed by atoms with E-state index in [4.69, 9.17) is 13.6 Å². The van der Waals surface area contributed by atoms with E-state index in [0.717, 1.165) is 19.3 Å². The Morgan fingerprint density at radius 3 is 2.08 bits per heavy atom. The van der Waals surface area contributed by atoms with Crippen LogP contribution in [0.4, 0.5) is 0 Å². The number of carbonyl (C=O) groups excluding carboxylic acids is 1. The van der Waals surface area contributed by atoms with E-state index in [1.54, 1.807) is 0 Å². The summed E-state index contributed by atoms with van der Waals surface area (Å²) in [5, 5.41) is 39.6. The Labute approximate surface area is 225 Å². The molecule has 0 amide bonds. The van der Waals surface area contributed by atoms with Gasteiger partial charge in [0.15, 0.2) is 12.2 Å². The van der Waals surface area contributed by atoms with Crippen molar-refractivity contribution in [1.29, 1.82) is 0 Å². The van der Waals surface area contributed by atoms with Crippen LogP contribution in [0, 0.1) is 0 Å². The summed E-state index contributed by atoms with van der Waals surface area (Å²) in [6, 6.07) is 0. The molecule has 0 aliphatic rings. The fraction of sp³-hybridized carbons (Fsp3) is 0.750. The number of aromatic nitrogens is 2. The van der Waals surface area contributed by atoms with Crippen molar-refractivity contribution < 1.29 is 38.8 Å². The molecule has 0 aliphatic carbocycles. The van der Waals surface area contributed by atoms with E-state index in [-0.39, 0.29) is 30.2 Å². The molecule has 0 radical (unpaired) electrons. The Kier molecular flexibility index (Phi) is 15.2. The average Bonchev–Trinajstić information content (AvgIpc) is 3.60. The zero-order valence-electron chi connectivity index (χ0n) is 22.8. The number of hydrogen-bond donors (Lipinski definition) is 4. The molecule has 0 bridgehead atoms. The number of aliphatic hydroxyl groups is 4. The van der Waals surface area contributed by atoms with Crippen LogP contribution in [0.15, 0.2) is 27.7 Å². The second-order valence-corrected chi connectivity index (χ2v) is 10.1. The molecular weight excluding hydrogens is 492 g/mol. The zero-order valence-corrected chi connectivity index (χ0v) is 22.8. The second-order valence-electron chi connectivity index (χ2n) is 10.1. The monoisotopic (exact) mass is 538 g/mol. The van der Waals surface area contributed by atoms with Gasteiger partial charge < -0.3 is 34.0 Å². The Balaban J connectivity index is 1.76.